The van der Waals surface area contributed by atoms with Gasteiger partial charge in [0.05, 0.1) is 17.2 Å². The van der Waals surface area contributed by atoms with Gasteiger partial charge in [-0.2, -0.15) is 13.2 Å². The Morgan fingerprint density at radius 2 is 1.73 bits per heavy atom. The molecule has 2 aromatic rings. The molecule has 0 N–H and O–H groups in total. The smallest absolute Gasteiger partial charge is 0.252 e. The lowest BCUT2D eigenvalue weighted by Gasteiger charge is -2.04. The molecule has 0 aliphatic heterocycles. The number of alkyl halides is 3. The Morgan fingerprint density at radius 1 is 1.07 bits per heavy atom. The van der Waals surface area contributed by atoms with Crippen LogP contribution in [0.1, 0.15) is 0 Å². The summed E-state index contributed by atoms with van der Waals surface area (Å²) in [6.07, 6.45) is 1.13. The standard InChI is InChI=1S/C9H5F3N2S/c10-9(11,12)15-8-5-13-6-3-1-2-4-7(6)14-8/h1-5H. The molecule has 0 spiro atoms. The molecule has 0 amide bonds. The van der Waals surface area contributed by atoms with Crippen molar-refractivity contribution in [2.24, 2.45) is 0 Å². The third-order valence-corrected chi connectivity index (χ3v) is 2.28. The second-order valence-electron chi connectivity index (χ2n) is 2.74. The molecule has 78 valence electrons. The van der Waals surface area contributed by atoms with Gasteiger partial charge in [-0.3, -0.25) is 4.98 Å². The van der Waals surface area contributed by atoms with Gasteiger partial charge < -0.3 is 0 Å². The van der Waals surface area contributed by atoms with E-state index in [1.54, 1.807) is 24.3 Å². The maximum absolute atomic E-state index is 12.0. The number of hydrogen-bond acceptors (Lipinski definition) is 3. The number of rotatable bonds is 1. The summed E-state index contributed by atoms with van der Waals surface area (Å²) in [5, 5.41) is -0.138. The lowest BCUT2D eigenvalue weighted by molar-refractivity contribution is -0.0329. The number of benzene rings is 1. The van der Waals surface area contributed by atoms with Crippen molar-refractivity contribution in [1.29, 1.82) is 0 Å². The van der Waals surface area contributed by atoms with Crippen LogP contribution in [0, 0.1) is 0 Å². The molecule has 0 saturated heterocycles. The van der Waals surface area contributed by atoms with Crippen LogP contribution in [0.4, 0.5) is 13.2 Å². The first-order valence-corrected chi connectivity index (χ1v) is 4.84. The number of fused-ring (bicyclic) bond motifs is 1. The highest BCUT2D eigenvalue weighted by atomic mass is 32.2. The van der Waals surface area contributed by atoms with E-state index in [0.29, 0.717) is 11.0 Å². The van der Waals surface area contributed by atoms with E-state index < -0.39 is 5.51 Å². The van der Waals surface area contributed by atoms with Crippen LogP contribution in [0.15, 0.2) is 35.5 Å². The van der Waals surface area contributed by atoms with Gasteiger partial charge in [-0.15, -0.1) is 0 Å². The summed E-state index contributed by atoms with van der Waals surface area (Å²) in [6.45, 7) is 0. The molecule has 0 bridgehead atoms. The Kier molecular flexibility index (Phi) is 2.52. The zero-order valence-corrected chi connectivity index (χ0v) is 8.14. The second-order valence-corrected chi connectivity index (χ2v) is 3.83. The molecule has 6 heteroatoms. The van der Waals surface area contributed by atoms with Crippen LogP contribution in [0.2, 0.25) is 0 Å². The van der Waals surface area contributed by atoms with E-state index in [1.807, 2.05) is 0 Å². The van der Waals surface area contributed by atoms with Gasteiger partial charge in [-0.05, 0) is 12.1 Å². The average molecular weight is 230 g/mol. The fourth-order valence-corrected chi connectivity index (χ4v) is 1.59. The van der Waals surface area contributed by atoms with Crippen molar-refractivity contribution in [3.05, 3.63) is 30.5 Å². The van der Waals surface area contributed by atoms with Crippen molar-refractivity contribution in [3.8, 4) is 0 Å². The molecule has 0 saturated carbocycles. The highest BCUT2D eigenvalue weighted by Gasteiger charge is 2.30. The van der Waals surface area contributed by atoms with E-state index in [2.05, 4.69) is 9.97 Å². The fraction of sp³-hybridized carbons (Fsp3) is 0.111. The van der Waals surface area contributed by atoms with E-state index >= 15 is 0 Å². The summed E-state index contributed by atoms with van der Waals surface area (Å²) in [5.41, 5.74) is -3.27. The zero-order chi connectivity index (χ0) is 10.9. The largest absolute Gasteiger partial charge is 0.447 e. The van der Waals surface area contributed by atoms with Crippen molar-refractivity contribution in [3.63, 3.8) is 0 Å². The average Bonchev–Trinajstić information content (AvgIpc) is 2.15. The summed E-state index contributed by atoms with van der Waals surface area (Å²) in [7, 11) is 0. The molecule has 15 heavy (non-hydrogen) atoms. The number of para-hydroxylation sites is 2. The van der Waals surface area contributed by atoms with E-state index in [0.717, 1.165) is 6.20 Å². The third kappa shape index (κ3) is 2.59. The molecule has 1 aromatic heterocycles. The van der Waals surface area contributed by atoms with Gasteiger partial charge in [0.2, 0.25) is 0 Å². The number of nitrogens with zero attached hydrogens (tertiary/aromatic N) is 2. The van der Waals surface area contributed by atoms with Crippen LogP contribution in [0.5, 0.6) is 0 Å². The van der Waals surface area contributed by atoms with Crippen LogP contribution in [-0.4, -0.2) is 15.5 Å². The van der Waals surface area contributed by atoms with Gasteiger partial charge in [-0.25, -0.2) is 4.98 Å². The number of halogens is 3. The summed E-state index contributed by atoms with van der Waals surface area (Å²) < 4.78 is 36.1. The maximum Gasteiger partial charge on any atom is 0.447 e. The summed E-state index contributed by atoms with van der Waals surface area (Å²) in [6, 6.07) is 6.79. The minimum absolute atomic E-state index is 0.138. The molecule has 0 unspecified atom stereocenters. The Bertz CT molecular complexity index is 484. The molecule has 0 aliphatic rings. The van der Waals surface area contributed by atoms with Gasteiger partial charge in [-0.1, -0.05) is 12.1 Å². The Labute approximate surface area is 87.5 Å². The van der Waals surface area contributed by atoms with E-state index in [1.165, 1.54) is 0 Å². The highest BCUT2D eigenvalue weighted by Crippen LogP contribution is 2.35. The van der Waals surface area contributed by atoms with Crippen LogP contribution < -0.4 is 0 Å². The number of thioether (sulfide) groups is 1. The maximum atomic E-state index is 12.0. The van der Waals surface area contributed by atoms with Crippen molar-refractivity contribution in [2.45, 2.75) is 10.5 Å². The molecule has 1 heterocycles. The van der Waals surface area contributed by atoms with Crippen molar-refractivity contribution in [2.75, 3.05) is 0 Å². The lowest BCUT2D eigenvalue weighted by Crippen LogP contribution is -2.00. The molecule has 2 rings (SSSR count). The third-order valence-electron chi connectivity index (χ3n) is 1.65. The SMILES string of the molecule is FC(F)(F)Sc1cnc2ccccc2n1. The first kappa shape index (κ1) is 10.2. The monoisotopic (exact) mass is 230 g/mol. The fourth-order valence-electron chi connectivity index (χ4n) is 1.11. The highest BCUT2D eigenvalue weighted by molar-refractivity contribution is 8.00. The Morgan fingerprint density at radius 3 is 2.40 bits per heavy atom. The van der Waals surface area contributed by atoms with Crippen molar-refractivity contribution in [1.82, 2.24) is 9.97 Å². The van der Waals surface area contributed by atoms with Gasteiger partial charge >= 0.3 is 5.51 Å². The van der Waals surface area contributed by atoms with Crippen LogP contribution in [0.25, 0.3) is 11.0 Å². The van der Waals surface area contributed by atoms with Crippen molar-refractivity contribution < 1.29 is 13.2 Å². The zero-order valence-electron chi connectivity index (χ0n) is 7.32. The molecule has 0 aliphatic carbocycles. The van der Waals surface area contributed by atoms with Crippen LogP contribution in [-0.2, 0) is 0 Å². The van der Waals surface area contributed by atoms with Crippen LogP contribution in [0.3, 0.4) is 0 Å². The Balaban J connectivity index is 2.39. The van der Waals surface area contributed by atoms with Gasteiger partial charge in [0.25, 0.3) is 0 Å². The molecule has 1 aromatic carbocycles. The molecular formula is C9H5F3N2S. The summed E-state index contributed by atoms with van der Waals surface area (Å²) >= 11 is -0.258. The summed E-state index contributed by atoms with van der Waals surface area (Å²) in [4.78, 5) is 7.72. The minimum atomic E-state index is -4.32. The second kappa shape index (κ2) is 3.69. The molecule has 0 fully saturated rings. The molecule has 0 radical (unpaired) electrons. The molecule has 0 atom stereocenters. The predicted molar refractivity (Wildman–Crippen MR) is 51.5 cm³/mol. The quantitative estimate of drug-likeness (QED) is 0.703. The number of hydrogen-bond donors (Lipinski definition) is 0. The van der Waals surface area contributed by atoms with E-state index in [4.69, 9.17) is 0 Å². The first-order chi connectivity index (χ1) is 7.04. The molecule has 2 nitrogen and oxygen atoms in total. The Hall–Kier alpha value is -1.30. The summed E-state index contributed by atoms with van der Waals surface area (Å²) in [5.74, 6) is 0. The topological polar surface area (TPSA) is 25.8 Å². The lowest BCUT2D eigenvalue weighted by atomic mass is 10.3. The van der Waals surface area contributed by atoms with Crippen LogP contribution >= 0.6 is 11.8 Å². The predicted octanol–water partition coefficient (Wildman–Crippen LogP) is 3.24. The normalized spacial score (nSPS) is 11.9. The van der Waals surface area contributed by atoms with Gasteiger partial charge in [0.15, 0.2) is 0 Å². The van der Waals surface area contributed by atoms with E-state index in [9.17, 15) is 13.2 Å². The van der Waals surface area contributed by atoms with E-state index in [-0.39, 0.29) is 16.8 Å². The minimum Gasteiger partial charge on any atom is -0.252 e. The van der Waals surface area contributed by atoms with Gasteiger partial charge in [0, 0.05) is 11.8 Å². The van der Waals surface area contributed by atoms with Crippen molar-refractivity contribution >= 4 is 22.8 Å². The first-order valence-electron chi connectivity index (χ1n) is 4.02. The number of aromatic nitrogens is 2. The van der Waals surface area contributed by atoms with Gasteiger partial charge in [0.1, 0.15) is 5.03 Å². The molecular weight excluding hydrogens is 225 g/mol.